The molecule has 0 saturated heterocycles. The van der Waals surface area contributed by atoms with Crippen molar-refractivity contribution in [1.29, 1.82) is 0 Å². The van der Waals surface area contributed by atoms with E-state index in [0.29, 0.717) is 13.1 Å². The van der Waals surface area contributed by atoms with E-state index in [1.165, 1.54) is 0 Å². The molecule has 0 radical (unpaired) electrons. The highest BCUT2D eigenvalue weighted by Crippen LogP contribution is 2.15. The SMILES string of the molecule is CSCC(C)(O)CNCc1ccccc1Cl. The second-order valence-electron chi connectivity index (χ2n) is 4.12. The first kappa shape index (κ1) is 13.8. The van der Waals surface area contributed by atoms with E-state index in [1.54, 1.807) is 11.8 Å². The molecular formula is C12H18ClNOS. The summed E-state index contributed by atoms with van der Waals surface area (Å²) < 4.78 is 0. The Hall–Kier alpha value is -0.220. The Morgan fingerprint density at radius 1 is 1.44 bits per heavy atom. The van der Waals surface area contributed by atoms with Gasteiger partial charge in [-0.15, -0.1) is 0 Å². The third-order valence-corrected chi connectivity index (χ3v) is 3.51. The molecule has 1 atom stereocenters. The number of hydrogen-bond donors (Lipinski definition) is 2. The van der Waals surface area contributed by atoms with Crippen LogP contribution in [-0.4, -0.2) is 29.3 Å². The highest BCUT2D eigenvalue weighted by atomic mass is 35.5. The molecule has 4 heteroatoms. The van der Waals surface area contributed by atoms with Gasteiger partial charge in [-0.25, -0.2) is 0 Å². The quantitative estimate of drug-likeness (QED) is 0.824. The number of nitrogens with one attached hydrogen (secondary N) is 1. The van der Waals surface area contributed by atoms with Crippen molar-refractivity contribution in [3.8, 4) is 0 Å². The monoisotopic (exact) mass is 259 g/mol. The Labute approximate surface area is 106 Å². The highest BCUT2D eigenvalue weighted by molar-refractivity contribution is 7.98. The van der Waals surface area contributed by atoms with Gasteiger partial charge in [0.1, 0.15) is 0 Å². The summed E-state index contributed by atoms with van der Waals surface area (Å²) in [6.07, 6.45) is 1.99. The first-order valence-corrected chi connectivity index (χ1v) is 6.98. The number of rotatable bonds is 6. The average molecular weight is 260 g/mol. The van der Waals surface area contributed by atoms with Gasteiger partial charge in [0.05, 0.1) is 5.60 Å². The summed E-state index contributed by atoms with van der Waals surface area (Å²) in [6.45, 7) is 3.09. The lowest BCUT2D eigenvalue weighted by Crippen LogP contribution is -2.39. The normalized spacial score (nSPS) is 14.8. The van der Waals surface area contributed by atoms with E-state index >= 15 is 0 Å². The van der Waals surface area contributed by atoms with E-state index in [1.807, 2.05) is 37.4 Å². The minimum atomic E-state index is -0.666. The van der Waals surface area contributed by atoms with Gasteiger partial charge >= 0.3 is 0 Å². The molecule has 2 N–H and O–H groups in total. The summed E-state index contributed by atoms with van der Waals surface area (Å²) in [5.74, 6) is 0.725. The number of aliphatic hydroxyl groups is 1. The van der Waals surface area contributed by atoms with Gasteiger partial charge in [-0.2, -0.15) is 11.8 Å². The molecule has 2 nitrogen and oxygen atoms in total. The van der Waals surface area contributed by atoms with E-state index in [2.05, 4.69) is 5.32 Å². The maximum atomic E-state index is 9.95. The van der Waals surface area contributed by atoms with Crippen LogP contribution in [0.3, 0.4) is 0 Å². The molecule has 0 bridgehead atoms. The van der Waals surface area contributed by atoms with Gasteiger partial charge in [0.15, 0.2) is 0 Å². The minimum absolute atomic E-state index is 0.569. The molecule has 1 aromatic carbocycles. The van der Waals surface area contributed by atoms with Crippen LogP contribution < -0.4 is 5.32 Å². The van der Waals surface area contributed by atoms with Gasteiger partial charge < -0.3 is 10.4 Å². The predicted molar refractivity (Wildman–Crippen MR) is 72.2 cm³/mol. The molecule has 0 aromatic heterocycles. The van der Waals surface area contributed by atoms with Crippen LogP contribution >= 0.6 is 23.4 Å². The molecule has 0 fully saturated rings. The van der Waals surface area contributed by atoms with Gasteiger partial charge in [-0.05, 0) is 24.8 Å². The van der Waals surface area contributed by atoms with Crippen LogP contribution in [0.2, 0.25) is 5.02 Å². The summed E-state index contributed by atoms with van der Waals surface area (Å²) in [4.78, 5) is 0. The number of halogens is 1. The first-order valence-electron chi connectivity index (χ1n) is 5.20. The molecule has 0 heterocycles. The lowest BCUT2D eigenvalue weighted by atomic mass is 10.1. The van der Waals surface area contributed by atoms with Gasteiger partial charge in [-0.1, -0.05) is 29.8 Å². The van der Waals surface area contributed by atoms with Crippen molar-refractivity contribution in [2.45, 2.75) is 19.1 Å². The minimum Gasteiger partial charge on any atom is -0.388 e. The molecule has 1 aromatic rings. The number of hydrogen-bond acceptors (Lipinski definition) is 3. The van der Waals surface area contributed by atoms with Crippen LogP contribution in [0, 0.1) is 0 Å². The van der Waals surface area contributed by atoms with Crippen molar-refractivity contribution < 1.29 is 5.11 Å². The highest BCUT2D eigenvalue weighted by Gasteiger charge is 2.18. The van der Waals surface area contributed by atoms with Crippen LogP contribution in [0.5, 0.6) is 0 Å². The summed E-state index contributed by atoms with van der Waals surface area (Å²) in [5.41, 5.74) is 0.393. The number of thioether (sulfide) groups is 1. The van der Waals surface area contributed by atoms with Crippen molar-refractivity contribution in [3.05, 3.63) is 34.9 Å². The molecule has 90 valence electrons. The third kappa shape index (κ3) is 4.74. The van der Waals surface area contributed by atoms with E-state index in [9.17, 15) is 5.11 Å². The lowest BCUT2D eigenvalue weighted by molar-refractivity contribution is 0.0846. The third-order valence-electron chi connectivity index (χ3n) is 2.23. The van der Waals surface area contributed by atoms with Crippen LogP contribution in [0.1, 0.15) is 12.5 Å². The molecule has 0 amide bonds. The fourth-order valence-electron chi connectivity index (χ4n) is 1.47. The standard InChI is InChI=1S/C12H18ClNOS/c1-12(15,9-16-2)8-14-7-10-5-3-4-6-11(10)13/h3-6,14-15H,7-9H2,1-2H3. The van der Waals surface area contributed by atoms with Gasteiger partial charge in [-0.3, -0.25) is 0 Å². The molecule has 1 rings (SSSR count). The molecule has 1 unspecified atom stereocenters. The van der Waals surface area contributed by atoms with Crippen molar-refractivity contribution in [2.75, 3.05) is 18.6 Å². The van der Waals surface area contributed by atoms with Crippen LogP contribution in [0.25, 0.3) is 0 Å². The van der Waals surface area contributed by atoms with Crippen molar-refractivity contribution in [3.63, 3.8) is 0 Å². The van der Waals surface area contributed by atoms with E-state index in [4.69, 9.17) is 11.6 Å². The molecule has 0 aliphatic rings. The Bertz CT molecular complexity index is 331. The van der Waals surface area contributed by atoms with Crippen molar-refractivity contribution in [1.82, 2.24) is 5.32 Å². The fraction of sp³-hybridized carbons (Fsp3) is 0.500. The van der Waals surface area contributed by atoms with Gasteiger partial charge in [0.2, 0.25) is 0 Å². The van der Waals surface area contributed by atoms with Crippen molar-refractivity contribution in [2.24, 2.45) is 0 Å². The maximum Gasteiger partial charge on any atom is 0.0833 e. The van der Waals surface area contributed by atoms with Crippen LogP contribution in [-0.2, 0) is 6.54 Å². The average Bonchev–Trinajstić information content (AvgIpc) is 2.20. The molecule has 0 saturated carbocycles. The van der Waals surface area contributed by atoms with Crippen LogP contribution in [0.4, 0.5) is 0 Å². The zero-order chi connectivity index (χ0) is 12.0. The molecule has 16 heavy (non-hydrogen) atoms. The molecule has 0 aliphatic carbocycles. The zero-order valence-corrected chi connectivity index (χ0v) is 11.2. The molecule has 0 aliphatic heterocycles. The molecule has 0 spiro atoms. The van der Waals surface area contributed by atoms with Gasteiger partial charge in [0, 0.05) is 23.9 Å². The topological polar surface area (TPSA) is 32.3 Å². The Balaban J connectivity index is 2.39. The largest absolute Gasteiger partial charge is 0.388 e. The van der Waals surface area contributed by atoms with Crippen LogP contribution in [0.15, 0.2) is 24.3 Å². The second kappa shape index (κ2) is 6.50. The lowest BCUT2D eigenvalue weighted by Gasteiger charge is -2.22. The maximum absolute atomic E-state index is 9.95. The zero-order valence-electron chi connectivity index (χ0n) is 9.66. The smallest absolute Gasteiger partial charge is 0.0833 e. The molecular weight excluding hydrogens is 242 g/mol. The van der Waals surface area contributed by atoms with E-state index < -0.39 is 5.60 Å². The Morgan fingerprint density at radius 2 is 2.12 bits per heavy atom. The predicted octanol–water partition coefficient (Wildman–Crippen LogP) is 2.54. The van der Waals surface area contributed by atoms with E-state index in [0.717, 1.165) is 16.3 Å². The fourth-order valence-corrected chi connectivity index (χ4v) is 2.40. The summed E-state index contributed by atoms with van der Waals surface area (Å²) in [7, 11) is 0. The van der Waals surface area contributed by atoms with E-state index in [-0.39, 0.29) is 0 Å². The Kier molecular flexibility index (Phi) is 5.62. The summed E-state index contributed by atoms with van der Waals surface area (Å²) in [6, 6.07) is 7.73. The second-order valence-corrected chi connectivity index (χ2v) is 5.40. The summed E-state index contributed by atoms with van der Waals surface area (Å²) in [5, 5.41) is 13.9. The van der Waals surface area contributed by atoms with Crippen molar-refractivity contribution >= 4 is 23.4 Å². The first-order chi connectivity index (χ1) is 7.55. The summed E-state index contributed by atoms with van der Waals surface area (Å²) >= 11 is 7.67. The van der Waals surface area contributed by atoms with Gasteiger partial charge in [0.25, 0.3) is 0 Å². The number of benzene rings is 1. The Morgan fingerprint density at radius 3 is 2.75 bits per heavy atom.